The molecule has 2 fully saturated rings. The van der Waals surface area contributed by atoms with E-state index >= 15 is 0 Å². The van der Waals surface area contributed by atoms with Crippen LogP contribution in [0.1, 0.15) is 33.6 Å². The third kappa shape index (κ3) is 3.04. The molecule has 21 heavy (non-hydrogen) atoms. The van der Waals surface area contributed by atoms with Crippen molar-refractivity contribution in [2.24, 2.45) is 0 Å². The Labute approximate surface area is 124 Å². The fraction of sp³-hybridized carbons (Fsp3) is 0.733. The van der Waals surface area contributed by atoms with Gasteiger partial charge in [-0.2, -0.15) is 0 Å². The summed E-state index contributed by atoms with van der Waals surface area (Å²) in [5.41, 5.74) is -0.290. The number of ketones is 1. The highest BCUT2D eigenvalue weighted by Crippen LogP contribution is 2.39. The second-order valence-electron chi connectivity index (χ2n) is 6.86. The van der Waals surface area contributed by atoms with Crippen LogP contribution < -0.4 is 0 Å². The molecular formula is C15H23FN2O3. The van der Waals surface area contributed by atoms with E-state index in [2.05, 4.69) is 0 Å². The second-order valence-corrected chi connectivity index (χ2v) is 6.86. The number of amides is 1. The lowest BCUT2D eigenvalue weighted by Crippen LogP contribution is -2.55. The number of hydrogen-bond donors (Lipinski definition) is 0. The fourth-order valence-electron chi connectivity index (χ4n) is 2.93. The molecule has 0 aromatic heterocycles. The first kappa shape index (κ1) is 15.8. The molecule has 2 aliphatic heterocycles. The molecule has 0 saturated carbocycles. The first-order valence-electron chi connectivity index (χ1n) is 7.19. The fourth-order valence-corrected chi connectivity index (χ4v) is 2.93. The lowest BCUT2D eigenvalue weighted by Gasteiger charge is -2.38. The van der Waals surface area contributed by atoms with E-state index in [-0.39, 0.29) is 6.04 Å². The number of Topliss-reactive ketones (excluding diaryl/α,β-unsaturated/α-hetero) is 1. The van der Waals surface area contributed by atoms with Crippen molar-refractivity contribution in [3.63, 3.8) is 0 Å². The van der Waals surface area contributed by atoms with Gasteiger partial charge in [0.2, 0.25) is 0 Å². The second kappa shape index (κ2) is 5.31. The number of rotatable bonds is 1. The normalized spacial score (nSPS) is 30.8. The molecule has 2 heterocycles. The van der Waals surface area contributed by atoms with Crippen LogP contribution in [0.15, 0.2) is 11.8 Å². The molecule has 2 rings (SSSR count). The van der Waals surface area contributed by atoms with Gasteiger partial charge in [-0.1, -0.05) is 0 Å². The van der Waals surface area contributed by atoms with E-state index in [0.29, 0.717) is 18.4 Å². The highest BCUT2D eigenvalue weighted by molar-refractivity contribution is 6.02. The maximum absolute atomic E-state index is 14.4. The van der Waals surface area contributed by atoms with Gasteiger partial charge in [0.15, 0.2) is 12.0 Å². The highest BCUT2D eigenvalue weighted by atomic mass is 19.1. The predicted molar refractivity (Wildman–Crippen MR) is 76.6 cm³/mol. The molecule has 0 aromatic carbocycles. The minimum absolute atomic E-state index is 0.354. The lowest BCUT2D eigenvalue weighted by molar-refractivity contribution is -0.125. The third-order valence-corrected chi connectivity index (χ3v) is 3.66. The minimum Gasteiger partial charge on any atom is -0.444 e. The Morgan fingerprint density at radius 1 is 1.38 bits per heavy atom. The molecule has 0 spiro atoms. The number of fused-ring (bicyclic) bond motifs is 2. The number of carbonyl (C=O) groups is 2. The smallest absolute Gasteiger partial charge is 0.411 e. The Morgan fingerprint density at radius 3 is 2.52 bits per heavy atom. The van der Waals surface area contributed by atoms with Crippen LogP contribution in [0.5, 0.6) is 0 Å². The predicted octanol–water partition coefficient (Wildman–Crippen LogP) is 2.12. The largest absolute Gasteiger partial charge is 0.444 e. The summed E-state index contributed by atoms with van der Waals surface area (Å²) in [7, 11) is 3.54. The van der Waals surface area contributed by atoms with Crippen molar-refractivity contribution < 1.29 is 18.7 Å². The van der Waals surface area contributed by atoms with Gasteiger partial charge in [0.25, 0.3) is 0 Å². The molecule has 2 aliphatic rings. The van der Waals surface area contributed by atoms with Crippen molar-refractivity contribution in [2.45, 2.75) is 57.5 Å². The summed E-state index contributed by atoms with van der Waals surface area (Å²) >= 11 is 0. The summed E-state index contributed by atoms with van der Waals surface area (Å²) in [6.45, 7) is 5.31. The summed E-state index contributed by atoms with van der Waals surface area (Å²) in [6.07, 6.45) is 0.479. The number of nitrogens with zero attached hydrogens (tertiary/aromatic N) is 2. The zero-order valence-electron chi connectivity index (χ0n) is 13.2. The Balaban J connectivity index is 2.32. The van der Waals surface area contributed by atoms with Crippen LogP contribution in [0, 0.1) is 0 Å². The van der Waals surface area contributed by atoms with E-state index in [1.807, 2.05) is 0 Å². The van der Waals surface area contributed by atoms with Crippen molar-refractivity contribution in [3.05, 3.63) is 11.8 Å². The third-order valence-electron chi connectivity index (χ3n) is 3.66. The van der Waals surface area contributed by atoms with Crippen LogP contribution in [0.25, 0.3) is 0 Å². The number of piperidine rings is 1. The maximum atomic E-state index is 14.4. The van der Waals surface area contributed by atoms with Crippen molar-refractivity contribution in [2.75, 3.05) is 14.1 Å². The van der Waals surface area contributed by atoms with Gasteiger partial charge in [-0.3, -0.25) is 9.69 Å². The molecule has 1 amide bonds. The summed E-state index contributed by atoms with van der Waals surface area (Å²) < 4.78 is 19.7. The van der Waals surface area contributed by atoms with Crippen LogP contribution in [-0.4, -0.2) is 59.6 Å². The zero-order valence-corrected chi connectivity index (χ0v) is 13.2. The van der Waals surface area contributed by atoms with Crippen LogP contribution in [0.3, 0.4) is 0 Å². The van der Waals surface area contributed by atoms with E-state index in [0.717, 1.165) is 0 Å². The van der Waals surface area contributed by atoms with E-state index in [1.165, 1.54) is 4.90 Å². The van der Waals surface area contributed by atoms with Gasteiger partial charge < -0.3 is 9.64 Å². The number of carbonyl (C=O) groups excluding carboxylic acids is 2. The molecule has 3 atom stereocenters. The molecule has 0 N–H and O–H groups in total. The van der Waals surface area contributed by atoms with E-state index in [1.54, 1.807) is 46.0 Å². The SMILES string of the molecule is CN(C)/C=C1\C(=O)C(F)C2CCC1N2C(=O)OC(C)(C)C. The quantitative estimate of drug-likeness (QED) is 0.696. The summed E-state index contributed by atoms with van der Waals surface area (Å²) in [5, 5.41) is 0. The Kier molecular flexibility index (Phi) is 4.00. The van der Waals surface area contributed by atoms with Crippen LogP contribution in [0.2, 0.25) is 0 Å². The van der Waals surface area contributed by atoms with Gasteiger partial charge in [-0.15, -0.1) is 0 Å². The lowest BCUT2D eigenvalue weighted by atomic mass is 9.94. The van der Waals surface area contributed by atoms with Gasteiger partial charge in [-0.25, -0.2) is 9.18 Å². The molecule has 0 radical (unpaired) electrons. The topological polar surface area (TPSA) is 49.9 Å². The van der Waals surface area contributed by atoms with Crippen molar-refractivity contribution in [1.29, 1.82) is 0 Å². The number of ether oxygens (including phenoxy) is 1. The number of halogens is 1. The summed E-state index contributed by atoms with van der Waals surface area (Å²) in [6, 6.07) is -1.08. The molecule has 5 nitrogen and oxygen atoms in total. The number of hydrogen-bond acceptors (Lipinski definition) is 4. The summed E-state index contributed by atoms with van der Waals surface area (Å²) in [4.78, 5) is 27.6. The monoisotopic (exact) mass is 298 g/mol. The average Bonchev–Trinajstić information content (AvgIpc) is 2.71. The van der Waals surface area contributed by atoms with Crippen molar-refractivity contribution in [1.82, 2.24) is 9.80 Å². The first-order valence-corrected chi connectivity index (χ1v) is 7.19. The Morgan fingerprint density at radius 2 is 2.00 bits per heavy atom. The molecular weight excluding hydrogens is 275 g/mol. The van der Waals surface area contributed by atoms with E-state index < -0.39 is 29.7 Å². The number of alkyl halides is 1. The van der Waals surface area contributed by atoms with Crippen LogP contribution >= 0.6 is 0 Å². The van der Waals surface area contributed by atoms with Crippen LogP contribution in [0.4, 0.5) is 9.18 Å². The van der Waals surface area contributed by atoms with Gasteiger partial charge in [-0.05, 0) is 33.6 Å². The van der Waals surface area contributed by atoms with Crippen molar-refractivity contribution >= 4 is 11.9 Å². The minimum atomic E-state index is -1.66. The Bertz CT molecular complexity index is 482. The Hall–Kier alpha value is -1.59. The molecule has 118 valence electrons. The van der Waals surface area contributed by atoms with Crippen LogP contribution in [-0.2, 0) is 9.53 Å². The maximum Gasteiger partial charge on any atom is 0.411 e. The summed E-state index contributed by atoms with van der Waals surface area (Å²) in [5.74, 6) is -0.504. The van der Waals surface area contributed by atoms with Crippen molar-refractivity contribution in [3.8, 4) is 0 Å². The zero-order chi connectivity index (χ0) is 15.9. The molecule has 2 saturated heterocycles. The molecule has 6 heteroatoms. The van der Waals surface area contributed by atoms with E-state index in [4.69, 9.17) is 4.74 Å². The van der Waals surface area contributed by atoms with E-state index in [9.17, 15) is 14.0 Å². The van der Waals surface area contributed by atoms with Gasteiger partial charge in [0, 0.05) is 25.9 Å². The average molecular weight is 298 g/mol. The molecule has 3 unspecified atom stereocenters. The molecule has 0 aromatic rings. The van der Waals surface area contributed by atoms with Gasteiger partial charge in [0.05, 0.1) is 12.1 Å². The van der Waals surface area contributed by atoms with Gasteiger partial charge in [0.1, 0.15) is 5.60 Å². The standard InChI is InChI=1S/C15H23FN2O3/c1-15(2,3)21-14(20)18-10-6-7-11(18)12(16)13(19)9(10)8-17(4)5/h8,10-12H,6-7H2,1-5H3/b9-8-. The van der Waals surface area contributed by atoms with Gasteiger partial charge >= 0.3 is 6.09 Å². The first-order chi connectivity index (χ1) is 9.61. The molecule has 0 aliphatic carbocycles. The molecule has 2 bridgehead atoms. The highest BCUT2D eigenvalue weighted by Gasteiger charge is 2.53.